The van der Waals surface area contributed by atoms with Gasteiger partial charge in [-0.1, -0.05) is 71.1 Å². The average Bonchev–Trinajstić information content (AvgIpc) is 2.56. The topological polar surface area (TPSA) is 69.4 Å². The number of esters is 1. The van der Waals surface area contributed by atoms with E-state index < -0.39 is 12.0 Å². The molecule has 1 unspecified atom stereocenters. The molecule has 23 heavy (non-hydrogen) atoms. The highest BCUT2D eigenvalue weighted by molar-refractivity contribution is 5.80. The van der Waals surface area contributed by atoms with Crippen molar-refractivity contribution in [3.63, 3.8) is 0 Å². The van der Waals surface area contributed by atoms with Crippen molar-refractivity contribution in [2.24, 2.45) is 5.73 Å². The van der Waals surface area contributed by atoms with Crippen LogP contribution in [0.4, 0.5) is 0 Å². The first-order valence-corrected chi connectivity index (χ1v) is 9.47. The Hall–Kier alpha value is -0.900. The maximum Gasteiger partial charge on any atom is 0.322 e. The number of unbranched alkanes of at least 4 members (excludes halogenated alkanes) is 10. The number of ether oxygens (including phenoxy) is 1. The van der Waals surface area contributed by atoms with Gasteiger partial charge in [-0.25, -0.2) is 0 Å². The largest absolute Gasteiger partial charge is 0.468 e. The maximum atomic E-state index is 11.7. The minimum absolute atomic E-state index is 0.209. The quantitative estimate of drug-likeness (QED) is 0.334. The van der Waals surface area contributed by atoms with Crippen LogP contribution in [0.15, 0.2) is 0 Å². The van der Waals surface area contributed by atoms with E-state index in [9.17, 15) is 9.59 Å². The molecule has 0 aromatic rings. The summed E-state index contributed by atoms with van der Waals surface area (Å²) < 4.78 is 4.54. The van der Waals surface area contributed by atoms with Gasteiger partial charge in [0.1, 0.15) is 11.8 Å². The van der Waals surface area contributed by atoms with Crippen molar-refractivity contribution in [3.05, 3.63) is 0 Å². The van der Waals surface area contributed by atoms with Crippen LogP contribution < -0.4 is 5.73 Å². The van der Waals surface area contributed by atoms with Crippen LogP contribution >= 0.6 is 0 Å². The molecule has 0 spiro atoms. The zero-order chi connectivity index (χ0) is 17.3. The van der Waals surface area contributed by atoms with Crippen LogP contribution in [0.1, 0.15) is 96.8 Å². The standard InChI is InChI=1S/C19H37NO3/c1-3-4-5-6-7-8-9-10-11-12-13-14-17(21)15-16-18(20)19(22)23-2/h18H,3-16,20H2,1-2H3. The van der Waals surface area contributed by atoms with Gasteiger partial charge in [-0.15, -0.1) is 0 Å². The monoisotopic (exact) mass is 327 g/mol. The minimum atomic E-state index is -0.665. The zero-order valence-corrected chi connectivity index (χ0v) is 15.3. The number of hydrogen-bond acceptors (Lipinski definition) is 4. The lowest BCUT2D eigenvalue weighted by atomic mass is 10.0. The normalized spacial score (nSPS) is 12.1. The fourth-order valence-corrected chi connectivity index (χ4v) is 2.70. The van der Waals surface area contributed by atoms with Gasteiger partial charge in [0.25, 0.3) is 0 Å². The molecule has 0 aliphatic rings. The summed E-state index contributed by atoms with van der Waals surface area (Å²) in [5.74, 6) is -0.229. The van der Waals surface area contributed by atoms with Gasteiger partial charge in [0.2, 0.25) is 0 Å². The lowest BCUT2D eigenvalue weighted by Gasteiger charge is -2.08. The fourth-order valence-electron chi connectivity index (χ4n) is 2.70. The van der Waals surface area contributed by atoms with Crippen LogP contribution in [0.2, 0.25) is 0 Å². The molecule has 136 valence electrons. The molecule has 0 aliphatic carbocycles. The van der Waals surface area contributed by atoms with Crippen molar-refractivity contribution in [2.45, 2.75) is 103 Å². The predicted octanol–water partition coefficient (Wildman–Crippen LogP) is 4.54. The summed E-state index contributed by atoms with van der Waals surface area (Å²) in [6.45, 7) is 2.25. The first-order chi connectivity index (χ1) is 11.1. The van der Waals surface area contributed by atoms with E-state index in [-0.39, 0.29) is 5.78 Å². The lowest BCUT2D eigenvalue weighted by Crippen LogP contribution is -2.31. The van der Waals surface area contributed by atoms with E-state index in [1.165, 1.54) is 64.9 Å². The molecule has 0 aromatic heterocycles. The Bertz CT molecular complexity index is 305. The van der Waals surface area contributed by atoms with Crippen molar-refractivity contribution in [3.8, 4) is 0 Å². The molecule has 0 bridgehead atoms. The van der Waals surface area contributed by atoms with Gasteiger partial charge in [0, 0.05) is 12.8 Å². The molecule has 0 heterocycles. The molecule has 4 nitrogen and oxygen atoms in total. The number of ketones is 1. The van der Waals surface area contributed by atoms with Crippen molar-refractivity contribution >= 4 is 11.8 Å². The summed E-state index contributed by atoms with van der Waals surface area (Å²) in [6, 6.07) is -0.665. The van der Waals surface area contributed by atoms with Gasteiger partial charge in [-0.3, -0.25) is 9.59 Å². The fraction of sp³-hybridized carbons (Fsp3) is 0.895. The van der Waals surface area contributed by atoms with Crippen LogP contribution in [0.25, 0.3) is 0 Å². The number of hydrogen-bond donors (Lipinski definition) is 1. The molecular formula is C19H37NO3. The lowest BCUT2D eigenvalue weighted by molar-refractivity contribution is -0.142. The van der Waals surface area contributed by atoms with Gasteiger partial charge < -0.3 is 10.5 Å². The predicted molar refractivity (Wildman–Crippen MR) is 95.3 cm³/mol. The van der Waals surface area contributed by atoms with Crippen molar-refractivity contribution in [1.29, 1.82) is 0 Å². The van der Waals surface area contributed by atoms with Gasteiger partial charge in [-0.2, -0.15) is 0 Å². The zero-order valence-electron chi connectivity index (χ0n) is 15.3. The summed E-state index contributed by atoms with van der Waals surface area (Å²) in [6.07, 6.45) is 15.5. The molecule has 4 heteroatoms. The summed E-state index contributed by atoms with van der Waals surface area (Å²) >= 11 is 0. The van der Waals surface area contributed by atoms with Crippen LogP contribution in [0.5, 0.6) is 0 Å². The SMILES string of the molecule is CCCCCCCCCCCCCC(=O)CCC(N)C(=O)OC. The summed E-state index contributed by atoms with van der Waals surface area (Å²) in [7, 11) is 1.31. The van der Waals surface area contributed by atoms with E-state index >= 15 is 0 Å². The van der Waals surface area contributed by atoms with Crippen LogP contribution in [0, 0.1) is 0 Å². The molecule has 0 aromatic carbocycles. The number of nitrogens with two attached hydrogens (primary N) is 1. The number of rotatable bonds is 16. The molecule has 0 rings (SSSR count). The number of Topliss-reactive ketones (excluding diaryl/α,β-unsaturated/α-hetero) is 1. The highest BCUT2D eigenvalue weighted by Gasteiger charge is 2.14. The van der Waals surface area contributed by atoms with E-state index in [4.69, 9.17) is 5.73 Å². The number of carbonyl (C=O) groups is 2. The van der Waals surface area contributed by atoms with Gasteiger partial charge >= 0.3 is 5.97 Å². The Kier molecular flexibility index (Phi) is 15.4. The second-order valence-electron chi connectivity index (χ2n) is 6.49. The van der Waals surface area contributed by atoms with Crippen molar-refractivity contribution in [1.82, 2.24) is 0 Å². The molecule has 0 radical (unpaired) electrons. The van der Waals surface area contributed by atoms with Gasteiger partial charge in [0.05, 0.1) is 7.11 Å². The molecule has 1 atom stereocenters. The van der Waals surface area contributed by atoms with E-state index in [1.807, 2.05) is 0 Å². The van der Waals surface area contributed by atoms with E-state index in [0.29, 0.717) is 19.3 Å². The second-order valence-corrected chi connectivity index (χ2v) is 6.49. The molecule has 2 N–H and O–H groups in total. The Morgan fingerprint density at radius 1 is 0.826 bits per heavy atom. The Morgan fingerprint density at radius 3 is 1.78 bits per heavy atom. The van der Waals surface area contributed by atoms with Crippen molar-refractivity contribution < 1.29 is 14.3 Å². The molecule has 0 saturated heterocycles. The Morgan fingerprint density at radius 2 is 1.30 bits per heavy atom. The van der Waals surface area contributed by atoms with Gasteiger partial charge in [-0.05, 0) is 12.8 Å². The second kappa shape index (κ2) is 16.0. The van der Waals surface area contributed by atoms with E-state index in [1.54, 1.807) is 0 Å². The number of carbonyl (C=O) groups excluding carboxylic acids is 2. The Balaban J connectivity index is 3.31. The van der Waals surface area contributed by atoms with Crippen LogP contribution in [0.3, 0.4) is 0 Å². The average molecular weight is 328 g/mol. The molecule has 0 aliphatic heterocycles. The minimum Gasteiger partial charge on any atom is -0.468 e. The number of methoxy groups -OCH3 is 1. The first-order valence-electron chi connectivity index (χ1n) is 9.47. The highest BCUT2D eigenvalue weighted by atomic mass is 16.5. The molecule has 0 saturated carbocycles. The van der Waals surface area contributed by atoms with Crippen LogP contribution in [-0.4, -0.2) is 24.9 Å². The van der Waals surface area contributed by atoms with E-state index in [2.05, 4.69) is 11.7 Å². The van der Waals surface area contributed by atoms with Crippen LogP contribution in [-0.2, 0) is 14.3 Å². The summed E-state index contributed by atoms with van der Waals surface area (Å²) in [5.41, 5.74) is 5.61. The van der Waals surface area contributed by atoms with Gasteiger partial charge in [0.15, 0.2) is 0 Å². The Labute approximate surface area is 142 Å². The molecule has 0 fully saturated rings. The third kappa shape index (κ3) is 14.4. The smallest absolute Gasteiger partial charge is 0.322 e. The third-order valence-electron chi connectivity index (χ3n) is 4.30. The first kappa shape index (κ1) is 22.1. The molecular weight excluding hydrogens is 290 g/mol. The summed E-state index contributed by atoms with van der Waals surface area (Å²) in [4.78, 5) is 22.8. The molecule has 0 amide bonds. The highest BCUT2D eigenvalue weighted by Crippen LogP contribution is 2.12. The van der Waals surface area contributed by atoms with E-state index in [0.717, 1.165) is 12.8 Å². The van der Waals surface area contributed by atoms with Crippen molar-refractivity contribution in [2.75, 3.05) is 7.11 Å². The maximum absolute atomic E-state index is 11.7. The third-order valence-corrected chi connectivity index (χ3v) is 4.30. The summed E-state index contributed by atoms with van der Waals surface area (Å²) in [5, 5.41) is 0.